The van der Waals surface area contributed by atoms with E-state index in [9.17, 15) is 13.2 Å². The second-order valence-electron chi connectivity index (χ2n) is 10.3. The number of aryl methyl sites for hydroxylation is 1. The van der Waals surface area contributed by atoms with E-state index in [1.165, 1.54) is 0 Å². The molecule has 0 spiro atoms. The molecule has 2 heterocycles. The zero-order chi connectivity index (χ0) is 26.6. The first-order chi connectivity index (χ1) is 17.5. The van der Waals surface area contributed by atoms with Crippen LogP contribution in [0.15, 0.2) is 59.6 Å². The number of benzene rings is 2. The predicted octanol–water partition coefficient (Wildman–Crippen LogP) is 4.72. The van der Waals surface area contributed by atoms with Gasteiger partial charge in [-0.2, -0.15) is 4.31 Å². The van der Waals surface area contributed by atoms with Crippen molar-refractivity contribution in [1.29, 1.82) is 0 Å². The molecule has 1 aliphatic heterocycles. The number of fused-ring (bicyclic) bond motifs is 1. The minimum atomic E-state index is -3.58. The largest absolute Gasteiger partial charge is 0.444 e. The van der Waals surface area contributed by atoms with Crippen molar-refractivity contribution in [3.63, 3.8) is 0 Å². The van der Waals surface area contributed by atoms with Gasteiger partial charge >= 0.3 is 6.09 Å². The summed E-state index contributed by atoms with van der Waals surface area (Å²) in [5.74, 6) is 0. The van der Waals surface area contributed by atoms with E-state index in [0.29, 0.717) is 50.7 Å². The maximum atomic E-state index is 13.4. The van der Waals surface area contributed by atoms with E-state index >= 15 is 0 Å². The van der Waals surface area contributed by atoms with Gasteiger partial charge in [0, 0.05) is 67.9 Å². The summed E-state index contributed by atoms with van der Waals surface area (Å²) in [6.07, 6.45) is 2.24. The van der Waals surface area contributed by atoms with Gasteiger partial charge in [-0.25, -0.2) is 13.2 Å². The fraction of sp³-hybridized carbons (Fsp3) is 0.444. The molecule has 8 nitrogen and oxygen atoms in total. The molecule has 1 aliphatic rings. The van der Waals surface area contributed by atoms with Crippen molar-refractivity contribution < 1.29 is 17.9 Å². The monoisotopic (exact) mass is 546 g/mol. The van der Waals surface area contributed by atoms with Gasteiger partial charge in [0.1, 0.15) is 5.60 Å². The molecule has 1 N–H and O–H groups in total. The van der Waals surface area contributed by atoms with E-state index in [1.54, 1.807) is 16.4 Å². The Kier molecular flexibility index (Phi) is 8.48. The van der Waals surface area contributed by atoms with Crippen molar-refractivity contribution in [2.45, 2.75) is 50.8 Å². The van der Waals surface area contributed by atoms with Crippen LogP contribution in [0.5, 0.6) is 0 Å². The number of rotatable bonds is 8. The first kappa shape index (κ1) is 27.4. The second kappa shape index (κ2) is 11.4. The van der Waals surface area contributed by atoms with E-state index in [1.807, 2.05) is 63.4 Å². The summed E-state index contributed by atoms with van der Waals surface area (Å²) >= 11 is 6.29. The summed E-state index contributed by atoms with van der Waals surface area (Å²) in [5, 5.41) is 4.37. The van der Waals surface area contributed by atoms with Crippen LogP contribution >= 0.6 is 11.6 Å². The SMILES string of the molecule is CC(C)(C)OC(=O)NCCCn1ccc2cc(S(=O)(=O)N3CCN(Cc4ccccc4Cl)CC3)ccc21. The molecule has 0 aliphatic carbocycles. The Morgan fingerprint density at radius 2 is 1.78 bits per heavy atom. The minimum absolute atomic E-state index is 0.309. The minimum Gasteiger partial charge on any atom is -0.444 e. The molecule has 2 aromatic carbocycles. The molecule has 0 unspecified atom stereocenters. The van der Waals surface area contributed by atoms with Crippen LogP contribution in [0.3, 0.4) is 0 Å². The highest BCUT2D eigenvalue weighted by atomic mass is 35.5. The number of nitrogens with one attached hydrogen (secondary N) is 1. The highest BCUT2D eigenvalue weighted by molar-refractivity contribution is 7.89. The van der Waals surface area contributed by atoms with Crippen LogP contribution in [0.1, 0.15) is 32.8 Å². The molecule has 4 rings (SSSR count). The number of alkyl carbamates (subject to hydrolysis) is 1. The summed E-state index contributed by atoms with van der Waals surface area (Å²) in [6, 6.07) is 15.0. The second-order valence-corrected chi connectivity index (χ2v) is 12.6. The lowest BCUT2D eigenvalue weighted by Gasteiger charge is -2.34. The third kappa shape index (κ3) is 7.04. The summed E-state index contributed by atoms with van der Waals surface area (Å²) in [6.45, 7) is 9.57. The number of nitrogens with zero attached hydrogens (tertiary/aromatic N) is 3. The zero-order valence-electron chi connectivity index (χ0n) is 21.6. The normalized spacial score (nSPS) is 15.7. The van der Waals surface area contributed by atoms with Gasteiger partial charge in [0.05, 0.1) is 4.90 Å². The molecule has 1 saturated heterocycles. The average Bonchev–Trinajstić information content (AvgIpc) is 3.25. The number of amides is 1. The Bertz CT molecular complexity index is 1340. The molecule has 1 fully saturated rings. The zero-order valence-corrected chi connectivity index (χ0v) is 23.2. The van der Waals surface area contributed by atoms with Gasteiger partial charge in [0.2, 0.25) is 10.0 Å². The first-order valence-electron chi connectivity index (χ1n) is 12.5. The standard InChI is InChI=1S/C27H35ClN4O4S/c1-27(2,3)36-26(33)29-12-6-13-31-14-11-21-19-23(9-10-25(21)31)37(34,35)32-17-15-30(16-18-32)20-22-7-4-5-8-24(22)28/h4-5,7-11,14,19H,6,12-13,15-18,20H2,1-3H3,(H,29,33). The molecule has 0 radical (unpaired) electrons. The Morgan fingerprint density at radius 1 is 1.05 bits per heavy atom. The van der Waals surface area contributed by atoms with Gasteiger partial charge in [0.25, 0.3) is 0 Å². The number of sulfonamides is 1. The number of hydrogen-bond acceptors (Lipinski definition) is 5. The van der Waals surface area contributed by atoms with Crippen molar-refractivity contribution in [3.8, 4) is 0 Å². The van der Waals surface area contributed by atoms with Crippen molar-refractivity contribution in [2.75, 3.05) is 32.7 Å². The molecule has 10 heteroatoms. The summed E-state index contributed by atoms with van der Waals surface area (Å²) in [5.41, 5.74) is 1.49. The highest BCUT2D eigenvalue weighted by Gasteiger charge is 2.29. The third-order valence-corrected chi connectivity index (χ3v) is 8.57. The molecule has 37 heavy (non-hydrogen) atoms. The quantitative estimate of drug-likeness (QED) is 0.413. The van der Waals surface area contributed by atoms with Crippen molar-refractivity contribution in [2.24, 2.45) is 0 Å². The smallest absolute Gasteiger partial charge is 0.407 e. The van der Waals surface area contributed by atoms with Crippen molar-refractivity contribution in [3.05, 3.63) is 65.3 Å². The first-order valence-corrected chi connectivity index (χ1v) is 14.4. The van der Waals surface area contributed by atoms with Crippen LogP contribution < -0.4 is 5.32 Å². The fourth-order valence-electron chi connectivity index (χ4n) is 4.43. The number of carbonyl (C=O) groups excluding carboxylic acids is 1. The predicted molar refractivity (Wildman–Crippen MR) is 146 cm³/mol. The summed E-state index contributed by atoms with van der Waals surface area (Å²) < 4.78 is 35.6. The molecular weight excluding hydrogens is 512 g/mol. The topological polar surface area (TPSA) is 83.9 Å². The van der Waals surface area contributed by atoms with Gasteiger partial charge in [0.15, 0.2) is 0 Å². The van der Waals surface area contributed by atoms with E-state index in [-0.39, 0.29) is 0 Å². The van der Waals surface area contributed by atoms with Crippen LogP contribution in [0.2, 0.25) is 5.02 Å². The lowest BCUT2D eigenvalue weighted by Crippen LogP contribution is -2.48. The van der Waals surface area contributed by atoms with Crippen LogP contribution in [0.4, 0.5) is 4.79 Å². The number of piperazine rings is 1. The van der Waals surface area contributed by atoms with E-state index < -0.39 is 21.7 Å². The maximum absolute atomic E-state index is 13.4. The number of aromatic nitrogens is 1. The molecule has 0 atom stereocenters. The Morgan fingerprint density at radius 3 is 2.49 bits per heavy atom. The van der Waals surface area contributed by atoms with Gasteiger partial charge in [-0.3, -0.25) is 4.90 Å². The van der Waals surface area contributed by atoms with Gasteiger partial charge in [-0.05, 0) is 63.1 Å². The van der Waals surface area contributed by atoms with Crippen molar-refractivity contribution >= 4 is 38.6 Å². The van der Waals surface area contributed by atoms with E-state index in [4.69, 9.17) is 16.3 Å². The number of halogens is 1. The lowest BCUT2D eigenvalue weighted by atomic mass is 10.2. The van der Waals surface area contributed by atoms with E-state index in [0.717, 1.165) is 27.9 Å². The molecule has 1 amide bonds. The van der Waals surface area contributed by atoms with Gasteiger partial charge < -0.3 is 14.6 Å². The Hall–Kier alpha value is -2.59. The van der Waals surface area contributed by atoms with Crippen LogP contribution in [0, 0.1) is 0 Å². The number of carbonyl (C=O) groups is 1. The Labute approximate surface area is 224 Å². The van der Waals surface area contributed by atoms with Crippen LogP contribution in [-0.4, -0.2) is 66.6 Å². The lowest BCUT2D eigenvalue weighted by molar-refractivity contribution is 0.0526. The van der Waals surface area contributed by atoms with E-state index in [2.05, 4.69) is 14.8 Å². The summed E-state index contributed by atoms with van der Waals surface area (Å²) in [7, 11) is -3.58. The number of ether oxygens (including phenoxy) is 1. The Balaban J connectivity index is 1.33. The van der Waals surface area contributed by atoms with Crippen LogP contribution in [0.25, 0.3) is 10.9 Å². The van der Waals surface area contributed by atoms with Gasteiger partial charge in [-0.15, -0.1) is 0 Å². The molecular formula is C27H35ClN4O4S. The third-order valence-electron chi connectivity index (χ3n) is 6.31. The fourth-order valence-corrected chi connectivity index (χ4v) is 6.09. The maximum Gasteiger partial charge on any atom is 0.407 e. The summed E-state index contributed by atoms with van der Waals surface area (Å²) in [4.78, 5) is 14.3. The highest BCUT2D eigenvalue weighted by Crippen LogP contribution is 2.25. The molecule has 0 bridgehead atoms. The number of hydrogen-bond donors (Lipinski definition) is 1. The molecule has 0 saturated carbocycles. The van der Waals surface area contributed by atoms with Crippen molar-refractivity contribution in [1.82, 2.24) is 19.1 Å². The van der Waals surface area contributed by atoms with Crippen LogP contribution in [-0.2, 0) is 27.8 Å². The molecule has 3 aromatic rings. The molecule has 200 valence electrons. The van der Waals surface area contributed by atoms with Gasteiger partial charge in [-0.1, -0.05) is 29.8 Å². The average molecular weight is 547 g/mol. The molecule has 1 aromatic heterocycles.